The number of amides is 1. The second kappa shape index (κ2) is 7.66. The number of aromatic hydroxyl groups is 1. The van der Waals surface area contributed by atoms with E-state index in [4.69, 9.17) is 0 Å². The van der Waals surface area contributed by atoms with E-state index >= 15 is 0 Å². The van der Waals surface area contributed by atoms with Crippen LogP contribution in [0.25, 0.3) is 5.69 Å². The monoisotopic (exact) mass is 395 g/mol. The van der Waals surface area contributed by atoms with E-state index < -0.39 is 34.3 Å². The quantitative estimate of drug-likeness (QED) is 0.510. The van der Waals surface area contributed by atoms with Crippen LogP contribution in [0.5, 0.6) is 5.75 Å². The average Bonchev–Trinajstić information content (AvgIpc) is 3.10. The SMILES string of the molecule is CC(Sc1nnnn1-c1ccc(O)cc1)C(=O)Nc1ccc(F)c(F)c1F. The van der Waals surface area contributed by atoms with Gasteiger partial charge in [0, 0.05) is 0 Å². The largest absolute Gasteiger partial charge is 0.508 e. The summed E-state index contributed by atoms with van der Waals surface area (Å²) in [5.41, 5.74) is 0.0871. The summed E-state index contributed by atoms with van der Waals surface area (Å²) in [6.07, 6.45) is 0. The highest BCUT2D eigenvalue weighted by molar-refractivity contribution is 8.00. The molecule has 27 heavy (non-hydrogen) atoms. The number of phenolic OH excluding ortho intramolecular Hbond substituents is 1. The Morgan fingerprint density at radius 2 is 1.85 bits per heavy atom. The number of carbonyl (C=O) groups excluding carboxylic acids is 1. The summed E-state index contributed by atoms with van der Waals surface area (Å²) in [6, 6.07) is 7.72. The molecule has 1 aromatic heterocycles. The summed E-state index contributed by atoms with van der Waals surface area (Å²) in [7, 11) is 0. The van der Waals surface area contributed by atoms with Crippen LogP contribution in [0.2, 0.25) is 0 Å². The first-order valence-electron chi connectivity index (χ1n) is 7.55. The Bertz CT molecular complexity index is 981. The molecule has 2 N–H and O–H groups in total. The molecule has 1 heterocycles. The molecule has 1 unspecified atom stereocenters. The van der Waals surface area contributed by atoms with Crippen molar-refractivity contribution in [1.29, 1.82) is 0 Å². The minimum atomic E-state index is -1.66. The van der Waals surface area contributed by atoms with Gasteiger partial charge in [-0.15, -0.1) is 5.10 Å². The highest BCUT2D eigenvalue weighted by Gasteiger charge is 2.22. The number of anilines is 1. The van der Waals surface area contributed by atoms with Crippen LogP contribution in [0.4, 0.5) is 18.9 Å². The first-order valence-corrected chi connectivity index (χ1v) is 8.43. The maximum Gasteiger partial charge on any atom is 0.237 e. The highest BCUT2D eigenvalue weighted by atomic mass is 32.2. The number of nitrogens with zero attached hydrogens (tertiary/aromatic N) is 4. The number of hydrogen-bond donors (Lipinski definition) is 2. The summed E-state index contributed by atoms with van der Waals surface area (Å²) in [5, 5.41) is 22.2. The standard InChI is InChI=1S/C16H12F3N5O2S/c1-8(15(26)20-12-7-6-11(17)13(18)14(12)19)27-16-21-22-23-24(16)9-2-4-10(25)5-3-9/h2-8,25H,1H3,(H,20,26). The van der Waals surface area contributed by atoms with Crippen LogP contribution >= 0.6 is 11.8 Å². The van der Waals surface area contributed by atoms with E-state index in [0.717, 1.165) is 23.9 Å². The number of aromatic nitrogens is 4. The number of phenols is 1. The third kappa shape index (κ3) is 4.03. The van der Waals surface area contributed by atoms with Crippen LogP contribution in [0.3, 0.4) is 0 Å². The number of carbonyl (C=O) groups is 1. The Morgan fingerprint density at radius 1 is 1.15 bits per heavy atom. The van der Waals surface area contributed by atoms with Crippen LogP contribution in [0.15, 0.2) is 41.6 Å². The summed E-state index contributed by atoms with van der Waals surface area (Å²) < 4.78 is 41.3. The zero-order chi connectivity index (χ0) is 19.6. The van der Waals surface area contributed by atoms with Crippen molar-refractivity contribution in [2.45, 2.75) is 17.3 Å². The van der Waals surface area contributed by atoms with Gasteiger partial charge in [-0.1, -0.05) is 11.8 Å². The van der Waals surface area contributed by atoms with Crippen molar-refractivity contribution in [3.05, 3.63) is 53.8 Å². The number of thioether (sulfide) groups is 1. The summed E-state index contributed by atoms with van der Waals surface area (Å²) >= 11 is 0.978. The molecule has 0 aliphatic rings. The highest BCUT2D eigenvalue weighted by Crippen LogP contribution is 2.26. The van der Waals surface area contributed by atoms with Gasteiger partial charge in [-0.05, 0) is 53.7 Å². The van der Waals surface area contributed by atoms with Gasteiger partial charge >= 0.3 is 0 Å². The molecule has 1 atom stereocenters. The second-order valence-corrected chi connectivity index (χ2v) is 6.67. The number of nitrogens with one attached hydrogen (secondary N) is 1. The minimum Gasteiger partial charge on any atom is -0.508 e. The number of tetrazole rings is 1. The van der Waals surface area contributed by atoms with Crippen LogP contribution in [-0.4, -0.2) is 36.5 Å². The van der Waals surface area contributed by atoms with E-state index in [9.17, 15) is 23.1 Å². The molecular formula is C16H12F3N5O2S. The van der Waals surface area contributed by atoms with E-state index in [-0.39, 0.29) is 10.9 Å². The van der Waals surface area contributed by atoms with Crippen LogP contribution in [0.1, 0.15) is 6.92 Å². The van der Waals surface area contributed by atoms with Gasteiger partial charge in [-0.2, -0.15) is 4.68 Å². The van der Waals surface area contributed by atoms with Gasteiger partial charge in [0.1, 0.15) is 5.75 Å². The summed E-state index contributed by atoms with van der Waals surface area (Å²) in [5.74, 6) is -5.06. The van der Waals surface area contributed by atoms with Crippen molar-refractivity contribution in [2.75, 3.05) is 5.32 Å². The Labute approximate surface area is 155 Å². The van der Waals surface area contributed by atoms with Crippen molar-refractivity contribution in [3.8, 4) is 11.4 Å². The molecule has 0 saturated carbocycles. The smallest absolute Gasteiger partial charge is 0.237 e. The third-order valence-electron chi connectivity index (χ3n) is 3.48. The Morgan fingerprint density at radius 3 is 2.56 bits per heavy atom. The molecule has 0 radical (unpaired) electrons. The lowest BCUT2D eigenvalue weighted by Gasteiger charge is -2.12. The first kappa shape index (κ1) is 18.7. The number of benzene rings is 2. The number of rotatable bonds is 5. The predicted molar refractivity (Wildman–Crippen MR) is 91.1 cm³/mol. The maximum atomic E-state index is 13.7. The van der Waals surface area contributed by atoms with Crippen molar-refractivity contribution < 1.29 is 23.1 Å². The third-order valence-corrected chi connectivity index (χ3v) is 4.51. The zero-order valence-electron chi connectivity index (χ0n) is 13.7. The van der Waals surface area contributed by atoms with Crippen molar-refractivity contribution in [3.63, 3.8) is 0 Å². The minimum absolute atomic E-state index is 0.0716. The molecule has 0 saturated heterocycles. The molecule has 7 nitrogen and oxygen atoms in total. The molecule has 11 heteroatoms. The molecule has 1 amide bonds. The van der Waals surface area contributed by atoms with E-state index in [2.05, 4.69) is 20.8 Å². The molecule has 0 fully saturated rings. The van der Waals surface area contributed by atoms with Crippen molar-refractivity contribution in [2.24, 2.45) is 0 Å². The summed E-state index contributed by atoms with van der Waals surface area (Å²) in [6.45, 7) is 1.52. The lowest BCUT2D eigenvalue weighted by atomic mass is 10.2. The zero-order valence-corrected chi connectivity index (χ0v) is 14.5. The summed E-state index contributed by atoms with van der Waals surface area (Å²) in [4.78, 5) is 12.3. The van der Waals surface area contributed by atoms with Crippen LogP contribution < -0.4 is 5.32 Å². The number of hydrogen-bond acceptors (Lipinski definition) is 6. The van der Waals surface area contributed by atoms with Gasteiger partial charge in [0.05, 0.1) is 16.6 Å². The predicted octanol–water partition coefficient (Wildman–Crippen LogP) is 2.90. The molecule has 2 aromatic carbocycles. The molecule has 3 aromatic rings. The molecule has 0 aliphatic carbocycles. The van der Waals surface area contributed by atoms with E-state index in [1.165, 1.54) is 23.7 Å². The van der Waals surface area contributed by atoms with Crippen LogP contribution in [-0.2, 0) is 4.79 Å². The van der Waals surface area contributed by atoms with Gasteiger partial charge in [-0.25, -0.2) is 13.2 Å². The maximum absolute atomic E-state index is 13.7. The second-order valence-electron chi connectivity index (χ2n) is 5.36. The topological polar surface area (TPSA) is 92.9 Å². The number of halogens is 3. The van der Waals surface area contributed by atoms with Crippen LogP contribution in [0, 0.1) is 17.5 Å². The molecule has 0 spiro atoms. The Hall–Kier alpha value is -3.08. The van der Waals surface area contributed by atoms with E-state index in [1.807, 2.05) is 0 Å². The molecule has 0 aliphatic heterocycles. The lowest BCUT2D eigenvalue weighted by Crippen LogP contribution is -2.23. The van der Waals surface area contributed by atoms with Gasteiger partial charge in [0.15, 0.2) is 17.5 Å². The van der Waals surface area contributed by atoms with Gasteiger partial charge in [-0.3, -0.25) is 4.79 Å². The van der Waals surface area contributed by atoms with Crippen molar-refractivity contribution in [1.82, 2.24) is 20.2 Å². The molecule has 140 valence electrons. The molecule has 0 bridgehead atoms. The van der Waals surface area contributed by atoms with Gasteiger partial charge in [0.2, 0.25) is 11.1 Å². The van der Waals surface area contributed by atoms with Gasteiger partial charge in [0.25, 0.3) is 0 Å². The van der Waals surface area contributed by atoms with Crippen molar-refractivity contribution >= 4 is 23.4 Å². The fraction of sp³-hybridized carbons (Fsp3) is 0.125. The molecule has 3 rings (SSSR count). The van der Waals surface area contributed by atoms with E-state index in [1.54, 1.807) is 12.1 Å². The van der Waals surface area contributed by atoms with E-state index in [0.29, 0.717) is 5.69 Å². The fourth-order valence-corrected chi connectivity index (χ4v) is 2.88. The molecular weight excluding hydrogens is 383 g/mol. The normalized spacial score (nSPS) is 12.0. The Balaban J connectivity index is 1.74. The fourth-order valence-electron chi connectivity index (χ4n) is 2.08. The van der Waals surface area contributed by atoms with Gasteiger partial charge < -0.3 is 10.4 Å². The average molecular weight is 395 g/mol. The Kier molecular flexibility index (Phi) is 5.31. The first-order chi connectivity index (χ1) is 12.9. The lowest BCUT2D eigenvalue weighted by molar-refractivity contribution is -0.115.